The second-order valence-electron chi connectivity index (χ2n) is 4.73. The Morgan fingerprint density at radius 1 is 1.45 bits per heavy atom. The molecule has 0 saturated carbocycles. The lowest BCUT2D eigenvalue weighted by Crippen LogP contribution is -2.37. The van der Waals surface area contributed by atoms with E-state index in [1.54, 1.807) is 6.07 Å². The molecule has 0 saturated heterocycles. The molecule has 4 nitrogen and oxygen atoms in total. The predicted molar refractivity (Wildman–Crippen MR) is 80.6 cm³/mol. The number of carbonyl (C=O) groups is 1. The second kappa shape index (κ2) is 7.16. The van der Waals surface area contributed by atoms with Crippen LogP contribution in [0, 0.1) is 0 Å². The summed E-state index contributed by atoms with van der Waals surface area (Å²) in [7, 11) is 0. The Balaban J connectivity index is 2.03. The van der Waals surface area contributed by atoms with Gasteiger partial charge in [0.2, 0.25) is 5.91 Å². The first-order valence-corrected chi connectivity index (χ1v) is 7.49. The summed E-state index contributed by atoms with van der Waals surface area (Å²) in [6.45, 7) is 3.56. The number of fused-ring (bicyclic) bond motifs is 1. The van der Waals surface area contributed by atoms with Crippen molar-refractivity contribution in [2.45, 2.75) is 25.8 Å². The van der Waals surface area contributed by atoms with Crippen LogP contribution in [0.25, 0.3) is 0 Å². The molecule has 1 aliphatic heterocycles. The minimum Gasteiger partial charge on any atom is -0.492 e. The van der Waals surface area contributed by atoms with E-state index in [2.05, 4.69) is 10.6 Å². The van der Waals surface area contributed by atoms with Crippen LogP contribution in [0.5, 0.6) is 5.75 Å². The zero-order chi connectivity index (χ0) is 14.5. The molecule has 1 aromatic carbocycles. The van der Waals surface area contributed by atoms with Crippen molar-refractivity contribution in [3.8, 4) is 5.75 Å². The third-order valence-corrected chi connectivity index (χ3v) is 3.65. The zero-order valence-corrected chi connectivity index (χ0v) is 12.9. The van der Waals surface area contributed by atoms with Gasteiger partial charge in [-0.15, -0.1) is 0 Å². The summed E-state index contributed by atoms with van der Waals surface area (Å²) in [6.07, 6.45) is 1.71. The van der Waals surface area contributed by atoms with E-state index in [-0.39, 0.29) is 18.5 Å². The highest BCUT2D eigenvalue weighted by atomic mass is 35.5. The van der Waals surface area contributed by atoms with Crippen molar-refractivity contribution in [2.75, 3.05) is 19.7 Å². The minimum atomic E-state index is -0.00647. The smallest absolute Gasteiger partial charge is 0.233 e. The fraction of sp³-hybridized carbons (Fsp3) is 0.500. The molecule has 1 amide bonds. The molecule has 1 unspecified atom stereocenters. The van der Waals surface area contributed by atoms with Gasteiger partial charge in [-0.25, -0.2) is 0 Å². The van der Waals surface area contributed by atoms with Gasteiger partial charge in [-0.05, 0) is 18.6 Å². The quantitative estimate of drug-likeness (QED) is 0.878. The standard InChI is InChI=1S/C14H18Cl2N2O2/c1-2-4-17-13(19)8-18-12-3-5-20-14-10(12)6-9(15)7-11(14)16/h6-7,12,18H,2-5,8H2,1H3,(H,17,19). The minimum absolute atomic E-state index is 0.00647. The molecule has 0 spiro atoms. The van der Waals surface area contributed by atoms with Gasteiger partial charge in [0.15, 0.2) is 0 Å². The Hall–Kier alpha value is -0.970. The van der Waals surface area contributed by atoms with E-state index in [9.17, 15) is 4.79 Å². The van der Waals surface area contributed by atoms with Crippen molar-refractivity contribution in [1.82, 2.24) is 10.6 Å². The van der Waals surface area contributed by atoms with E-state index in [0.717, 1.165) is 18.4 Å². The number of benzene rings is 1. The molecule has 20 heavy (non-hydrogen) atoms. The van der Waals surface area contributed by atoms with Gasteiger partial charge in [-0.3, -0.25) is 4.79 Å². The van der Waals surface area contributed by atoms with Gasteiger partial charge in [-0.2, -0.15) is 0 Å². The lowest BCUT2D eigenvalue weighted by molar-refractivity contribution is -0.120. The van der Waals surface area contributed by atoms with Crippen LogP contribution in [0.4, 0.5) is 0 Å². The Kier molecular flexibility index (Phi) is 5.52. The third kappa shape index (κ3) is 3.78. The Morgan fingerprint density at radius 3 is 3.00 bits per heavy atom. The van der Waals surface area contributed by atoms with Crippen LogP contribution in [-0.4, -0.2) is 25.6 Å². The van der Waals surface area contributed by atoms with Crippen LogP contribution in [0.3, 0.4) is 0 Å². The predicted octanol–water partition coefficient (Wildman–Crippen LogP) is 2.93. The first kappa shape index (κ1) is 15.4. The van der Waals surface area contributed by atoms with Gasteiger partial charge in [-0.1, -0.05) is 30.1 Å². The van der Waals surface area contributed by atoms with Crippen molar-refractivity contribution in [2.24, 2.45) is 0 Å². The molecular weight excluding hydrogens is 299 g/mol. The van der Waals surface area contributed by atoms with Crippen LogP contribution in [0.15, 0.2) is 12.1 Å². The number of hydrogen-bond donors (Lipinski definition) is 2. The normalized spacial score (nSPS) is 17.2. The second-order valence-corrected chi connectivity index (χ2v) is 5.57. The molecule has 1 aromatic rings. The van der Waals surface area contributed by atoms with Gasteiger partial charge >= 0.3 is 0 Å². The van der Waals surface area contributed by atoms with Crippen LogP contribution in [0.2, 0.25) is 10.0 Å². The Labute approximate surface area is 128 Å². The van der Waals surface area contributed by atoms with Gasteiger partial charge in [0.25, 0.3) is 0 Å². The third-order valence-electron chi connectivity index (χ3n) is 3.15. The summed E-state index contributed by atoms with van der Waals surface area (Å²) in [5.41, 5.74) is 0.914. The highest BCUT2D eigenvalue weighted by molar-refractivity contribution is 6.35. The summed E-state index contributed by atoms with van der Waals surface area (Å²) in [5, 5.41) is 7.14. The van der Waals surface area contributed by atoms with Crippen molar-refractivity contribution in [1.29, 1.82) is 0 Å². The van der Waals surface area contributed by atoms with Gasteiger partial charge in [0.05, 0.1) is 18.2 Å². The lowest BCUT2D eigenvalue weighted by atomic mass is 10.0. The number of amides is 1. The zero-order valence-electron chi connectivity index (χ0n) is 11.3. The summed E-state index contributed by atoms with van der Waals surface area (Å²) >= 11 is 12.2. The topological polar surface area (TPSA) is 50.4 Å². The molecule has 0 bridgehead atoms. The number of nitrogens with one attached hydrogen (secondary N) is 2. The maximum Gasteiger partial charge on any atom is 0.233 e. The molecule has 2 rings (SSSR count). The molecule has 1 aliphatic rings. The summed E-state index contributed by atoms with van der Waals surface area (Å²) in [6, 6.07) is 3.53. The van der Waals surface area contributed by atoms with Crippen LogP contribution >= 0.6 is 23.2 Å². The van der Waals surface area contributed by atoms with E-state index in [0.29, 0.717) is 28.9 Å². The van der Waals surface area contributed by atoms with Crippen molar-refractivity contribution < 1.29 is 9.53 Å². The first-order valence-electron chi connectivity index (χ1n) is 6.73. The fourth-order valence-corrected chi connectivity index (χ4v) is 2.74. The lowest BCUT2D eigenvalue weighted by Gasteiger charge is -2.27. The molecule has 1 heterocycles. The van der Waals surface area contributed by atoms with Crippen LogP contribution in [-0.2, 0) is 4.79 Å². The number of rotatable bonds is 5. The van der Waals surface area contributed by atoms with Gasteiger partial charge in [0.1, 0.15) is 5.75 Å². The highest BCUT2D eigenvalue weighted by Crippen LogP contribution is 2.39. The summed E-state index contributed by atoms with van der Waals surface area (Å²) in [4.78, 5) is 11.6. The average Bonchev–Trinajstić information content (AvgIpc) is 2.43. The monoisotopic (exact) mass is 316 g/mol. The molecule has 1 atom stereocenters. The van der Waals surface area contributed by atoms with Crippen LogP contribution in [0.1, 0.15) is 31.4 Å². The van der Waals surface area contributed by atoms with Crippen LogP contribution < -0.4 is 15.4 Å². The highest BCUT2D eigenvalue weighted by Gasteiger charge is 2.24. The number of halogens is 2. The van der Waals surface area contributed by atoms with E-state index in [1.807, 2.05) is 13.0 Å². The Bertz CT molecular complexity index is 494. The largest absolute Gasteiger partial charge is 0.492 e. The summed E-state index contributed by atoms with van der Waals surface area (Å²) < 4.78 is 5.58. The fourth-order valence-electron chi connectivity index (χ4n) is 2.18. The molecule has 0 fully saturated rings. The van der Waals surface area contributed by atoms with Crippen molar-refractivity contribution in [3.05, 3.63) is 27.7 Å². The number of carbonyl (C=O) groups excluding carboxylic acids is 1. The molecule has 2 N–H and O–H groups in total. The Morgan fingerprint density at radius 2 is 2.25 bits per heavy atom. The summed E-state index contributed by atoms with van der Waals surface area (Å²) in [5.74, 6) is 0.654. The van der Waals surface area contributed by atoms with Crippen molar-refractivity contribution >= 4 is 29.1 Å². The molecular formula is C14H18Cl2N2O2. The van der Waals surface area contributed by atoms with Gasteiger partial charge < -0.3 is 15.4 Å². The maximum absolute atomic E-state index is 11.6. The molecule has 0 radical (unpaired) electrons. The van der Waals surface area contributed by atoms with E-state index >= 15 is 0 Å². The van der Waals surface area contributed by atoms with Gasteiger partial charge in [0, 0.05) is 29.6 Å². The first-order chi connectivity index (χ1) is 9.61. The average molecular weight is 317 g/mol. The maximum atomic E-state index is 11.6. The molecule has 0 aromatic heterocycles. The SMILES string of the molecule is CCCNC(=O)CNC1CCOc2c(Cl)cc(Cl)cc21. The molecule has 0 aliphatic carbocycles. The number of ether oxygens (including phenoxy) is 1. The van der Waals surface area contributed by atoms with E-state index in [4.69, 9.17) is 27.9 Å². The van der Waals surface area contributed by atoms with Crippen molar-refractivity contribution in [3.63, 3.8) is 0 Å². The van der Waals surface area contributed by atoms with E-state index < -0.39 is 0 Å². The molecule has 110 valence electrons. The molecule has 6 heteroatoms. The van der Waals surface area contributed by atoms with E-state index in [1.165, 1.54) is 0 Å². The number of hydrogen-bond acceptors (Lipinski definition) is 3.